The average molecular weight is 595 g/mol. The molecule has 4 rings (SSSR count). The summed E-state index contributed by atoms with van der Waals surface area (Å²) < 4.78 is 11.0. The van der Waals surface area contributed by atoms with E-state index >= 15 is 0 Å². The molecule has 4 aromatic rings. The second-order valence-electron chi connectivity index (χ2n) is 9.17. The third kappa shape index (κ3) is 7.91. The van der Waals surface area contributed by atoms with Crippen LogP contribution in [-0.4, -0.2) is 35.9 Å². The molecular weight excluding hydrogens is 568 g/mol. The topological polar surface area (TPSA) is 163 Å². The first-order valence-electron chi connectivity index (χ1n) is 13.0. The van der Waals surface area contributed by atoms with Crippen LogP contribution in [0.1, 0.15) is 11.1 Å². The highest BCUT2D eigenvalue weighted by molar-refractivity contribution is 6.04. The minimum Gasteiger partial charge on any atom is -0.495 e. The van der Waals surface area contributed by atoms with Crippen molar-refractivity contribution in [2.24, 2.45) is 0 Å². The lowest BCUT2D eigenvalue weighted by Crippen LogP contribution is -2.09. The van der Waals surface area contributed by atoms with Gasteiger partial charge >= 0.3 is 0 Å². The number of non-ortho nitro benzene ring substituents is 2. The minimum absolute atomic E-state index is 0.0394. The fourth-order valence-corrected chi connectivity index (χ4v) is 4.06. The van der Waals surface area contributed by atoms with Gasteiger partial charge in [-0.15, -0.1) is 0 Å². The molecule has 0 unspecified atom stereocenters. The van der Waals surface area contributed by atoms with Gasteiger partial charge in [0.25, 0.3) is 11.4 Å². The number of benzene rings is 4. The number of methoxy groups -OCH3 is 2. The van der Waals surface area contributed by atoms with Crippen LogP contribution in [0.4, 0.5) is 22.7 Å². The lowest BCUT2D eigenvalue weighted by molar-refractivity contribution is -0.385. The Hall–Kier alpha value is -6.30. The van der Waals surface area contributed by atoms with Crippen LogP contribution in [0.25, 0.3) is 23.3 Å². The number of amides is 2. The Morgan fingerprint density at radius 3 is 1.30 bits per heavy atom. The Balaban J connectivity index is 1.43. The van der Waals surface area contributed by atoms with Crippen LogP contribution in [0.2, 0.25) is 0 Å². The van der Waals surface area contributed by atoms with Gasteiger partial charge in [0.2, 0.25) is 11.8 Å². The molecule has 12 heteroatoms. The number of ether oxygens (including phenoxy) is 2. The van der Waals surface area contributed by atoms with Crippen LogP contribution in [0, 0.1) is 20.2 Å². The summed E-state index contributed by atoms with van der Waals surface area (Å²) in [5, 5.41) is 27.1. The molecule has 4 aromatic carbocycles. The number of anilines is 2. The maximum Gasteiger partial charge on any atom is 0.269 e. The van der Waals surface area contributed by atoms with Gasteiger partial charge in [-0.2, -0.15) is 0 Å². The van der Waals surface area contributed by atoms with Crippen molar-refractivity contribution in [3.63, 3.8) is 0 Å². The highest BCUT2D eigenvalue weighted by atomic mass is 16.6. The molecule has 0 heterocycles. The summed E-state index contributed by atoms with van der Waals surface area (Å²) in [5.41, 5.74) is 3.57. The van der Waals surface area contributed by atoms with Gasteiger partial charge in [-0.3, -0.25) is 29.8 Å². The van der Waals surface area contributed by atoms with Crippen molar-refractivity contribution < 1.29 is 28.9 Å². The van der Waals surface area contributed by atoms with Crippen LogP contribution in [0.5, 0.6) is 11.5 Å². The van der Waals surface area contributed by atoms with Gasteiger partial charge in [-0.1, -0.05) is 12.1 Å². The van der Waals surface area contributed by atoms with Gasteiger partial charge < -0.3 is 20.1 Å². The molecule has 0 aliphatic heterocycles. The predicted octanol–water partition coefficient (Wildman–Crippen LogP) is 6.49. The van der Waals surface area contributed by atoms with E-state index in [1.54, 1.807) is 60.7 Å². The maximum absolute atomic E-state index is 12.5. The third-order valence-corrected chi connectivity index (χ3v) is 6.31. The number of hydrogen-bond acceptors (Lipinski definition) is 8. The van der Waals surface area contributed by atoms with Crippen molar-refractivity contribution >= 4 is 46.7 Å². The highest BCUT2D eigenvalue weighted by Crippen LogP contribution is 2.35. The molecule has 0 saturated heterocycles. The van der Waals surface area contributed by atoms with Gasteiger partial charge in [0, 0.05) is 36.4 Å². The van der Waals surface area contributed by atoms with Crippen LogP contribution in [0.3, 0.4) is 0 Å². The van der Waals surface area contributed by atoms with E-state index in [4.69, 9.17) is 9.47 Å². The van der Waals surface area contributed by atoms with Crippen molar-refractivity contribution in [1.82, 2.24) is 0 Å². The first-order chi connectivity index (χ1) is 21.2. The molecular formula is C32H26N4O8. The van der Waals surface area contributed by atoms with E-state index in [2.05, 4.69) is 10.6 Å². The quantitative estimate of drug-likeness (QED) is 0.113. The number of hydrogen-bond donors (Lipinski definition) is 2. The number of nitrogens with zero attached hydrogens (tertiary/aromatic N) is 2. The van der Waals surface area contributed by atoms with E-state index < -0.39 is 21.7 Å². The normalized spacial score (nSPS) is 10.9. The van der Waals surface area contributed by atoms with Crippen molar-refractivity contribution in [3.8, 4) is 22.6 Å². The van der Waals surface area contributed by atoms with Gasteiger partial charge in [0.15, 0.2) is 0 Å². The van der Waals surface area contributed by atoms with Crippen LogP contribution < -0.4 is 20.1 Å². The van der Waals surface area contributed by atoms with Crippen molar-refractivity contribution in [3.05, 3.63) is 128 Å². The van der Waals surface area contributed by atoms with E-state index in [0.717, 1.165) is 11.1 Å². The standard InChI is InChI=1S/C32H26N4O8/c1-43-29-19-23(9-15-27(29)33-31(37)17-7-21-3-11-25(12-4-21)35(39)40)24-10-16-28(30(20-24)44-2)34-32(38)18-8-22-5-13-26(14-6-22)36(41)42/h3-20H,1-2H3,(H,33,37)(H,34,38). The zero-order valence-corrected chi connectivity index (χ0v) is 23.6. The van der Waals surface area contributed by atoms with Gasteiger partial charge in [0.1, 0.15) is 11.5 Å². The Morgan fingerprint density at radius 2 is 0.977 bits per heavy atom. The number of nitro groups is 2. The Labute approximate surface area is 251 Å². The molecule has 0 aliphatic rings. The van der Waals surface area contributed by atoms with Crippen LogP contribution >= 0.6 is 0 Å². The molecule has 2 amide bonds. The van der Waals surface area contributed by atoms with Crippen LogP contribution in [-0.2, 0) is 9.59 Å². The third-order valence-electron chi connectivity index (χ3n) is 6.31. The van der Waals surface area contributed by atoms with Crippen molar-refractivity contribution in [2.75, 3.05) is 24.9 Å². The Kier molecular flexibility index (Phi) is 9.79. The molecule has 0 atom stereocenters. The van der Waals surface area contributed by atoms with E-state index in [-0.39, 0.29) is 11.4 Å². The van der Waals surface area contributed by atoms with Gasteiger partial charge in [0.05, 0.1) is 35.4 Å². The molecule has 0 saturated carbocycles. The average Bonchev–Trinajstić information content (AvgIpc) is 3.03. The lowest BCUT2D eigenvalue weighted by atomic mass is 10.0. The molecule has 0 aromatic heterocycles. The molecule has 44 heavy (non-hydrogen) atoms. The van der Waals surface area contributed by atoms with Gasteiger partial charge in [-0.25, -0.2) is 0 Å². The van der Waals surface area contributed by atoms with E-state index in [9.17, 15) is 29.8 Å². The SMILES string of the molecule is COc1cc(-c2ccc(NC(=O)C=Cc3ccc([N+](=O)[O-])cc3)c(OC)c2)ccc1NC(=O)C=Cc1ccc([N+](=O)[O-])cc1. The number of rotatable bonds is 11. The predicted molar refractivity (Wildman–Crippen MR) is 167 cm³/mol. The molecule has 0 radical (unpaired) electrons. The second-order valence-corrected chi connectivity index (χ2v) is 9.17. The summed E-state index contributed by atoms with van der Waals surface area (Å²) in [6.07, 6.45) is 5.71. The van der Waals surface area contributed by atoms with E-state index in [1.165, 1.54) is 62.8 Å². The van der Waals surface area contributed by atoms with E-state index in [1.807, 2.05) is 0 Å². The molecule has 0 spiro atoms. The summed E-state index contributed by atoms with van der Waals surface area (Å²) in [6.45, 7) is 0. The molecule has 0 aliphatic carbocycles. The summed E-state index contributed by atoms with van der Waals surface area (Å²) in [7, 11) is 2.95. The summed E-state index contributed by atoms with van der Waals surface area (Å²) in [4.78, 5) is 45.6. The molecule has 12 nitrogen and oxygen atoms in total. The molecule has 0 bridgehead atoms. The fraction of sp³-hybridized carbons (Fsp3) is 0.0625. The maximum atomic E-state index is 12.5. The first-order valence-corrected chi connectivity index (χ1v) is 13.0. The van der Waals surface area contributed by atoms with Crippen LogP contribution in [0.15, 0.2) is 97.1 Å². The summed E-state index contributed by atoms with van der Waals surface area (Å²) in [5.74, 6) is -0.0165. The summed E-state index contributed by atoms with van der Waals surface area (Å²) in [6, 6.07) is 22.1. The minimum atomic E-state index is -0.495. The second kappa shape index (κ2) is 14.0. The molecule has 2 N–H and O–H groups in total. The molecule has 0 fully saturated rings. The Morgan fingerprint density at radius 1 is 0.614 bits per heavy atom. The number of nitrogens with one attached hydrogen (secondary N) is 2. The van der Waals surface area contributed by atoms with Gasteiger partial charge in [-0.05, 0) is 82.9 Å². The fourth-order valence-electron chi connectivity index (χ4n) is 4.06. The number of nitro benzene ring substituents is 2. The van der Waals surface area contributed by atoms with Crippen molar-refractivity contribution in [2.45, 2.75) is 0 Å². The monoisotopic (exact) mass is 594 g/mol. The van der Waals surface area contributed by atoms with E-state index in [0.29, 0.717) is 34.0 Å². The first kappa shape index (κ1) is 30.7. The Bertz CT molecular complexity index is 1630. The lowest BCUT2D eigenvalue weighted by Gasteiger charge is -2.14. The largest absolute Gasteiger partial charge is 0.495 e. The number of carbonyl (C=O) groups excluding carboxylic acids is 2. The smallest absolute Gasteiger partial charge is 0.269 e. The zero-order chi connectivity index (χ0) is 31.6. The zero-order valence-electron chi connectivity index (χ0n) is 23.6. The van der Waals surface area contributed by atoms with Crippen molar-refractivity contribution in [1.29, 1.82) is 0 Å². The molecule has 222 valence electrons. The summed E-state index contributed by atoms with van der Waals surface area (Å²) >= 11 is 0. The number of carbonyl (C=O) groups is 2. The highest BCUT2D eigenvalue weighted by Gasteiger charge is 2.12.